The van der Waals surface area contributed by atoms with E-state index in [1.54, 1.807) is 0 Å². The van der Waals surface area contributed by atoms with E-state index in [9.17, 15) is 0 Å². The topological polar surface area (TPSA) is 61.9 Å². The highest BCUT2D eigenvalue weighted by Crippen LogP contribution is 2.46. The van der Waals surface area contributed by atoms with E-state index in [4.69, 9.17) is 28.4 Å². The Balaban J connectivity index is 1.93. The molecule has 95 heavy (non-hydrogen) atoms. The lowest BCUT2D eigenvalue weighted by Crippen LogP contribution is -2.25. The SMILES string of the molecule is CCCCCCCCCCCCOc1cc(N2C=CN(c3cc(OCCCCCCCCCCCC)c(OCCCCCCCCCCCC)c(OCCCCCCCCCCCC)c3)C2)cc(OCCCCCCCCCCCC)c1OCCCCCCCCCCCC. The average Bonchev–Trinajstić information content (AvgIpc) is 1.78. The smallest absolute Gasteiger partial charge is 0.203 e. The number of benzene rings is 2. The number of ether oxygens (including phenoxy) is 6. The number of nitrogens with zero attached hydrogens (tertiary/aromatic N) is 2. The van der Waals surface area contributed by atoms with Gasteiger partial charge in [-0.2, -0.15) is 0 Å². The van der Waals surface area contributed by atoms with Gasteiger partial charge in [0.1, 0.15) is 0 Å². The first-order chi connectivity index (χ1) is 47.1. The first-order valence-corrected chi connectivity index (χ1v) is 42.4. The van der Waals surface area contributed by atoms with Gasteiger partial charge in [-0.15, -0.1) is 0 Å². The normalized spacial score (nSPS) is 12.2. The fourth-order valence-corrected chi connectivity index (χ4v) is 13.5. The summed E-state index contributed by atoms with van der Waals surface area (Å²) >= 11 is 0. The highest BCUT2D eigenvalue weighted by Gasteiger charge is 2.25. The van der Waals surface area contributed by atoms with Crippen LogP contribution in [-0.4, -0.2) is 46.3 Å². The Hall–Kier alpha value is -3.42. The molecule has 2 aromatic rings. The summed E-state index contributed by atoms with van der Waals surface area (Å²) in [5.41, 5.74) is 2.11. The third kappa shape index (κ3) is 46.5. The Labute approximate surface area is 590 Å². The molecule has 0 unspecified atom stereocenters. The molecular formula is C87H158N2O6. The fourth-order valence-electron chi connectivity index (χ4n) is 13.5. The third-order valence-corrected chi connectivity index (χ3v) is 19.9. The molecule has 1 aliphatic heterocycles. The van der Waals surface area contributed by atoms with Crippen molar-refractivity contribution in [2.75, 3.05) is 56.1 Å². The lowest BCUT2D eigenvalue weighted by Gasteiger charge is -2.26. The van der Waals surface area contributed by atoms with Crippen molar-refractivity contribution >= 4 is 11.4 Å². The zero-order valence-electron chi connectivity index (χ0n) is 64.2. The molecule has 1 heterocycles. The molecular weight excluding hydrogens is 1170 g/mol. The minimum atomic E-state index is 0.628. The minimum Gasteiger partial charge on any atom is -0.489 e. The Morgan fingerprint density at radius 3 is 0.516 bits per heavy atom. The van der Waals surface area contributed by atoms with E-state index in [-0.39, 0.29) is 0 Å². The molecule has 3 rings (SSSR count). The summed E-state index contributed by atoms with van der Waals surface area (Å²) in [6.07, 6.45) is 82.4. The summed E-state index contributed by atoms with van der Waals surface area (Å²) in [5, 5.41) is 0. The maximum Gasteiger partial charge on any atom is 0.203 e. The van der Waals surface area contributed by atoms with Crippen LogP contribution in [0.1, 0.15) is 427 Å². The van der Waals surface area contributed by atoms with Gasteiger partial charge >= 0.3 is 0 Å². The Kier molecular flexibility index (Phi) is 58.9. The van der Waals surface area contributed by atoms with Crippen LogP contribution in [0.4, 0.5) is 11.4 Å². The maximum atomic E-state index is 6.91. The highest BCUT2D eigenvalue weighted by atomic mass is 16.5. The predicted molar refractivity (Wildman–Crippen MR) is 416 cm³/mol. The van der Waals surface area contributed by atoms with Crippen LogP contribution in [-0.2, 0) is 0 Å². The van der Waals surface area contributed by atoms with Crippen LogP contribution in [0, 0.1) is 0 Å². The van der Waals surface area contributed by atoms with Crippen LogP contribution in [0.15, 0.2) is 36.7 Å². The lowest BCUT2D eigenvalue weighted by molar-refractivity contribution is 0.234. The van der Waals surface area contributed by atoms with Gasteiger partial charge in [-0.25, -0.2) is 0 Å². The van der Waals surface area contributed by atoms with Crippen LogP contribution in [0.5, 0.6) is 34.5 Å². The molecule has 552 valence electrons. The molecule has 1 aliphatic rings. The zero-order valence-corrected chi connectivity index (χ0v) is 64.2. The van der Waals surface area contributed by atoms with Gasteiger partial charge < -0.3 is 38.2 Å². The Morgan fingerprint density at radius 1 is 0.200 bits per heavy atom. The summed E-state index contributed by atoms with van der Waals surface area (Å²) < 4.78 is 41.4. The fraction of sp³-hybridized carbons (Fsp3) is 0.839. The van der Waals surface area contributed by atoms with E-state index in [1.165, 1.54) is 347 Å². The first kappa shape index (κ1) is 85.8. The average molecular weight is 1330 g/mol. The van der Waals surface area contributed by atoms with Crippen LogP contribution >= 0.6 is 0 Å². The van der Waals surface area contributed by atoms with E-state index in [2.05, 4.69) is 88.0 Å². The van der Waals surface area contributed by atoms with E-state index in [1.807, 2.05) is 0 Å². The van der Waals surface area contributed by atoms with Crippen molar-refractivity contribution in [3.05, 3.63) is 36.7 Å². The number of unbranched alkanes of at least 4 members (excludes halogenated alkanes) is 54. The molecule has 0 fully saturated rings. The standard InChI is InChI=1S/C87H158N2O6/c1-7-13-19-25-31-37-43-49-55-61-69-90-82-75-80(76-83(91-70-62-56-50-44-38-32-26-20-14-8-2)86(82)94-73-65-59-53-47-41-35-29-23-17-11-5)88-67-68-89(79-88)81-77-84(92-71-63-57-51-45-39-33-27-21-15-9-3)87(95-74-66-60-54-48-42-36-30-24-18-12-6)85(78-81)93-72-64-58-52-46-40-34-28-22-16-10-4/h67-68,75-78H,7-66,69-74,79H2,1-6H3. The van der Waals surface area contributed by atoms with E-state index >= 15 is 0 Å². The molecule has 0 saturated carbocycles. The van der Waals surface area contributed by atoms with Gasteiger partial charge in [-0.3, -0.25) is 0 Å². The summed E-state index contributed by atoms with van der Waals surface area (Å²) in [7, 11) is 0. The van der Waals surface area contributed by atoms with Crippen molar-refractivity contribution < 1.29 is 28.4 Å². The van der Waals surface area contributed by atoms with Gasteiger partial charge in [-0.05, 0) is 38.5 Å². The molecule has 0 saturated heterocycles. The van der Waals surface area contributed by atoms with Gasteiger partial charge in [0.15, 0.2) is 23.0 Å². The second kappa shape index (κ2) is 65.2. The van der Waals surface area contributed by atoms with Gasteiger partial charge in [0.2, 0.25) is 11.5 Å². The highest BCUT2D eigenvalue weighted by molar-refractivity contribution is 5.70. The molecule has 0 aromatic heterocycles. The Bertz CT molecular complexity index is 1760. The largest absolute Gasteiger partial charge is 0.489 e. The monoisotopic (exact) mass is 1330 g/mol. The molecule has 0 atom stereocenters. The quantitative estimate of drug-likeness (QED) is 0.0607. The minimum absolute atomic E-state index is 0.628. The van der Waals surface area contributed by atoms with Crippen LogP contribution in [0.25, 0.3) is 0 Å². The van der Waals surface area contributed by atoms with Crippen LogP contribution in [0.2, 0.25) is 0 Å². The summed E-state index contributed by atoms with van der Waals surface area (Å²) in [6, 6.07) is 8.94. The van der Waals surface area contributed by atoms with E-state index in [0.717, 1.165) is 84.4 Å². The van der Waals surface area contributed by atoms with Crippen LogP contribution in [0.3, 0.4) is 0 Å². The summed E-state index contributed by atoms with van der Waals surface area (Å²) in [5.74, 6) is 4.81. The van der Waals surface area contributed by atoms with Crippen molar-refractivity contribution in [1.82, 2.24) is 0 Å². The number of rotatable bonds is 74. The molecule has 0 radical (unpaired) electrons. The van der Waals surface area contributed by atoms with Gasteiger partial charge in [-0.1, -0.05) is 388 Å². The van der Waals surface area contributed by atoms with E-state index in [0.29, 0.717) is 46.3 Å². The van der Waals surface area contributed by atoms with Crippen molar-refractivity contribution in [2.45, 2.75) is 427 Å². The predicted octanol–water partition coefficient (Wildman–Crippen LogP) is 29.2. The van der Waals surface area contributed by atoms with Gasteiger partial charge in [0.05, 0.1) is 46.3 Å². The Morgan fingerprint density at radius 2 is 0.347 bits per heavy atom. The van der Waals surface area contributed by atoms with Gasteiger partial charge in [0.25, 0.3) is 0 Å². The summed E-state index contributed by atoms with van der Waals surface area (Å²) in [6.45, 7) is 18.5. The van der Waals surface area contributed by atoms with Crippen molar-refractivity contribution in [3.63, 3.8) is 0 Å². The number of hydrogen-bond acceptors (Lipinski definition) is 8. The number of hydrogen-bond donors (Lipinski definition) is 0. The zero-order chi connectivity index (χ0) is 67.6. The molecule has 8 heteroatoms. The van der Waals surface area contributed by atoms with Crippen molar-refractivity contribution in [1.29, 1.82) is 0 Å². The van der Waals surface area contributed by atoms with Gasteiger partial charge in [0, 0.05) is 48.0 Å². The number of anilines is 2. The molecule has 0 N–H and O–H groups in total. The molecule has 0 bridgehead atoms. The third-order valence-electron chi connectivity index (χ3n) is 19.9. The molecule has 0 spiro atoms. The lowest BCUT2D eigenvalue weighted by atomic mass is 10.1. The molecule has 0 amide bonds. The first-order valence-electron chi connectivity index (χ1n) is 42.4. The molecule has 0 aliphatic carbocycles. The van der Waals surface area contributed by atoms with Crippen molar-refractivity contribution in [2.24, 2.45) is 0 Å². The molecule has 8 nitrogen and oxygen atoms in total. The van der Waals surface area contributed by atoms with Crippen molar-refractivity contribution in [3.8, 4) is 34.5 Å². The molecule has 2 aromatic carbocycles. The maximum absolute atomic E-state index is 6.91. The summed E-state index contributed by atoms with van der Waals surface area (Å²) in [4.78, 5) is 4.69. The second-order valence-corrected chi connectivity index (χ2v) is 29.1. The second-order valence-electron chi connectivity index (χ2n) is 29.1. The van der Waals surface area contributed by atoms with E-state index < -0.39 is 0 Å². The van der Waals surface area contributed by atoms with Crippen LogP contribution < -0.4 is 38.2 Å².